The van der Waals surface area contributed by atoms with Gasteiger partial charge in [0.1, 0.15) is 5.82 Å². The minimum atomic E-state index is -2.99. The van der Waals surface area contributed by atoms with Crippen LogP contribution in [0.25, 0.3) is 6.08 Å². The second-order valence-electron chi connectivity index (χ2n) is 5.10. The summed E-state index contributed by atoms with van der Waals surface area (Å²) in [5, 5.41) is 10.8. The van der Waals surface area contributed by atoms with E-state index in [-0.39, 0.29) is 23.5 Å². The van der Waals surface area contributed by atoms with Gasteiger partial charge in [0.15, 0.2) is 9.84 Å². The lowest BCUT2D eigenvalue weighted by Gasteiger charge is -2.12. The smallest absolute Gasteiger partial charge is 0.249 e. The summed E-state index contributed by atoms with van der Waals surface area (Å²) < 4.78 is 24.7. The highest BCUT2D eigenvalue weighted by molar-refractivity contribution is 7.91. The van der Waals surface area contributed by atoms with Crippen LogP contribution in [0.1, 0.15) is 18.0 Å². The molecule has 22 heavy (non-hydrogen) atoms. The first-order valence-electron chi connectivity index (χ1n) is 6.79. The van der Waals surface area contributed by atoms with E-state index in [1.807, 2.05) is 16.8 Å². The lowest BCUT2D eigenvalue weighted by Crippen LogP contribution is -2.18. The van der Waals surface area contributed by atoms with Crippen LogP contribution >= 0.6 is 11.3 Å². The molecule has 0 bridgehead atoms. The van der Waals surface area contributed by atoms with Crippen LogP contribution in [-0.4, -0.2) is 35.6 Å². The third-order valence-electron chi connectivity index (χ3n) is 3.45. The molecular formula is C14H15N3O3S2. The van der Waals surface area contributed by atoms with Crippen molar-refractivity contribution in [1.82, 2.24) is 9.78 Å². The van der Waals surface area contributed by atoms with Gasteiger partial charge in [-0.2, -0.15) is 16.4 Å². The average molecular weight is 337 g/mol. The molecule has 2 aromatic rings. The van der Waals surface area contributed by atoms with Gasteiger partial charge in [0.25, 0.3) is 0 Å². The summed E-state index contributed by atoms with van der Waals surface area (Å²) in [6.07, 6.45) is 5.26. The molecule has 0 aromatic carbocycles. The summed E-state index contributed by atoms with van der Waals surface area (Å²) in [6, 6.07) is 3.37. The number of hydrogen-bond donors (Lipinski definition) is 1. The molecule has 1 atom stereocenters. The second-order valence-corrected chi connectivity index (χ2v) is 8.11. The van der Waals surface area contributed by atoms with E-state index in [0.717, 1.165) is 5.56 Å². The lowest BCUT2D eigenvalue weighted by atomic mass is 10.3. The minimum Gasteiger partial charge on any atom is -0.307 e. The highest BCUT2D eigenvalue weighted by Gasteiger charge is 2.30. The van der Waals surface area contributed by atoms with Crippen LogP contribution in [0.2, 0.25) is 0 Å². The standard InChI is InChI=1S/C14H15N3O3S2/c18-14(2-1-11-4-7-21-9-11)16-13-3-6-15-17(13)12-5-8-22(19,20)10-12/h1-4,6-7,9,12H,5,8,10H2,(H,16,18)/b2-1-/t12-/m0/s1. The molecule has 1 aliphatic rings. The predicted molar refractivity (Wildman–Crippen MR) is 86.5 cm³/mol. The molecule has 6 nitrogen and oxygen atoms in total. The molecule has 1 N–H and O–H groups in total. The van der Waals surface area contributed by atoms with Crippen molar-refractivity contribution < 1.29 is 13.2 Å². The maximum Gasteiger partial charge on any atom is 0.249 e. The zero-order chi connectivity index (χ0) is 15.6. The van der Waals surface area contributed by atoms with Crippen molar-refractivity contribution in [2.75, 3.05) is 16.8 Å². The van der Waals surface area contributed by atoms with Crippen molar-refractivity contribution in [3.63, 3.8) is 0 Å². The Kier molecular flexibility index (Phi) is 4.12. The van der Waals surface area contributed by atoms with Gasteiger partial charge in [-0.3, -0.25) is 4.79 Å². The Hall–Kier alpha value is -1.93. The van der Waals surface area contributed by atoms with E-state index in [1.54, 1.807) is 34.4 Å². The molecule has 1 saturated heterocycles. The predicted octanol–water partition coefficient (Wildman–Crippen LogP) is 1.96. The van der Waals surface area contributed by atoms with Crippen molar-refractivity contribution in [2.24, 2.45) is 0 Å². The van der Waals surface area contributed by atoms with Gasteiger partial charge in [-0.15, -0.1) is 0 Å². The van der Waals surface area contributed by atoms with Gasteiger partial charge in [-0.05, 0) is 34.9 Å². The zero-order valence-corrected chi connectivity index (χ0v) is 13.3. The fourth-order valence-corrected chi connectivity index (χ4v) is 4.70. The number of carbonyl (C=O) groups is 1. The first-order chi connectivity index (χ1) is 10.5. The van der Waals surface area contributed by atoms with Crippen LogP contribution in [-0.2, 0) is 14.6 Å². The highest BCUT2D eigenvalue weighted by atomic mass is 32.2. The molecule has 2 aromatic heterocycles. The van der Waals surface area contributed by atoms with Crippen LogP contribution in [0.5, 0.6) is 0 Å². The molecule has 116 valence electrons. The Labute approximate surface area is 132 Å². The van der Waals surface area contributed by atoms with Crippen LogP contribution < -0.4 is 5.32 Å². The van der Waals surface area contributed by atoms with Crippen LogP contribution in [0.3, 0.4) is 0 Å². The molecule has 1 aliphatic heterocycles. The third-order valence-corrected chi connectivity index (χ3v) is 5.90. The normalized spacial score (nSPS) is 20.5. The van der Waals surface area contributed by atoms with Crippen LogP contribution in [0.15, 0.2) is 35.2 Å². The number of aromatic nitrogens is 2. The topological polar surface area (TPSA) is 81.1 Å². The van der Waals surface area contributed by atoms with Crippen molar-refractivity contribution in [3.05, 3.63) is 40.7 Å². The van der Waals surface area contributed by atoms with Crippen molar-refractivity contribution >= 4 is 39.0 Å². The number of nitrogens with one attached hydrogen (secondary N) is 1. The van der Waals surface area contributed by atoms with Gasteiger partial charge in [0, 0.05) is 12.1 Å². The molecule has 3 heterocycles. The lowest BCUT2D eigenvalue weighted by molar-refractivity contribution is -0.111. The fourth-order valence-electron chi connectivity index (χ4n) is 2.38. The summed E-state index contributed by atoms with van der Waals surface area (Å²) in [4.78, 5) is 11.9. The maximum absolute atomic E-state index is 11.9. The van der Waals surface area contributed by atoms with E-state index in [4.69, 9.17) is 0 Å². The van der Waals surface area contributed by atoms with Gasteiger partial charge in [-0.25, -0.2) is 13.1 Å². The van der Waals surface area contributed by atoms with E-state index in [2.05, 4.69) is 10.4 Å². The monoisotopic (exact) mass is 337 g/mol. The van der Waals surface area contributed by atoms with Crippen molar-refractivity contribution in [1.29, 1.82) is 0 Å². The Morgan fingerprint density at radius 3 is 3.00 bits per heavy atom. The van der Waals surface area contributed by atoms with Gasteiger partial charge >= 0.3 is 0 Å². The van der Waals surface area contributed by atoms with Gasteiger partial charge in [0.05, 0.1) is 23.7 Å². The SMILES string of the molecule is O=C(/C=C\c1ccsc1)Nc1ccnn1[C@H]1CCS(=O)(=O)C1. The molecule has 0 unspecified atom stereocenters. The van der Waals surface area contributed by atoms with Gasteiger partial charge in [-0.1, -0.05) is 0 Å². The number of sulfone groups is 1. The summed E-state index contributed by atoms with van der Waals surface area (Å²) in [5.41, 5.74) is 0.968. The number of anilines is 1. The molecule has 0 saturated carbocycles. The van der Waals surface area contributed by atoms with E-state index >= 15 is 0 Å². The van der Waals surface area contributed by atoms with E-state index in [1.165, 1.54) is 6.08 Å². The molecule has 3 rings (SSSR count). The van der Waals surface area contributed by atoms with Crippen molar-refractivity contribution in [2.45, 2.75) is 12.5 Å². The number of carbonyl (C=O) groups excluding carboxylic acids is 1. The van der Waals surface area contributed by atoms with Crippen molar-refractivity contribution in [3.8, 4) is 0 Å². The van der Waals surface area contributed by atoms with E-state index in [9.17, 15) is 13.2 Å². The summed E-state index contributed by atoms with van der Waals surface area (Å²) in [5.74, 6) is 0.488. The molecule has 0 radical (unpaired) electrons. The Morgan fingerprint density at radius 2 is 2.32 bits per heavy atom. The maximum atomic E-state index is 11.9. The fraction of sp³-hybridized carbons (Fsp3) is 0.286. The van der Waals surface area contributed by atoms with Crippen LogP contribution in [0, 0.1) is 0 Å². The first kappa shape index (κ1) is 15.0. The van der Waals surface area contributed by atoms with E-state index < -0.39 is 9.84 Å². The molecule has 1 fully saturated rings. The largest absolute Gasteiger partial charge is 0.307 e. The van der Waals surface area contributed by atoms with E-state index in [0.29, 0.717) is 12.2 Å². The van der Waals surface area contributed by atoms with Crippen LogP contribution in [0.4, 0.5) is 5.82 Å². The molecule has 1 amide bonds. The Bertz CT molecular complexity index is 791. The highest BCUT2D eigenvalue weighted by Crippen LogP contribution is 2.26. The minimum absolute atomic E-state index is 0.0717. The number of hydrogen-bond acceptors (Lipinski definition) is 5. The summed E-state index contributed by atoms with van der Waals surface area (Å²) in [7, 11) is -2.99. The number of amides is 1. The molecular weight excluding hydrogens is 322 g/mol. The summed E-state index contributed by atoms with van der Waals surface area (Å²) >= 11 is 1.56. The number of rotatable bonds is 4. The first-order valence-corrected chi connectivity index (χ1v) is 9.55. The van der Waals surface area contributed by atoms with Gasteiger partial charge < -0.3 is 5.32 Å². The quantitative estimate of drug-likeness (QED) is 0.865. The zero-order valence-electron chi connectivity index (χ0n) is 11.7. The second kappa shape index (κ2) is 6.05. The van der Waals surface area contributed by atoms with Gasteiger partial charge in [0.2, 0.25) is 5.91 Å². The number of nitrogens with zero attached hydrogens (tertiary/aromatic N) is 2. The molecule has 0 aliphatic carbocycles. The Morgan fingerprint density at radius 1 is 1.45 bits per heavy atom. The number of thiophene rings is 1. The third kappa shape index (κ3) is 3.45. The summed E-state index contributed by atoms with van der Waals surface area (Å²) in [6.45, 7) is 0. The molecule has 0 spiro atoms. The molecule has 8 heteroatoms. The Balaban J connectivity index is 1.69. The average Bonchev–Trinajstić information content (AvgIpc) is 3.17.